The van der Waals surface area contributed by atoms with E-state index in [0.717, 1.165) is 33.7 Å². The van der Waals surface area contributed by atoms with E-state index in [1.807, 2.05) is 36.6 Å². The molecule has 0 aliphatic carbocycles. The number of fused-ring (bicyclic) bond motifs is 1. The Bertz CT molecular complexity index is 980. The first-order chi connectivity index (χ1) is 13.1. The lowest BCUT2D eigenvalue weighted by Gasteiger charge is -2.25. The van der Waals surface area contributed by atoms with Crippen LogP contribution in [0.2, 0.25) is 0 Å². The lowest BCUT2D eigenvalue weighted by atomic mass is 10.0. The molecule has 4 rings (SSSR count). The molecule has 0 unspecified atom stereocenters. The van der Waals surface area contributed by atoms with Crippen LogP contribution in [0.1, 0.15) is 21.6 Å². The van der Waals surface area contributed by atoms with E-state index < -0.39 is 0 Å². The van der Waals surface area contributed by atoms with Crippen molar-refractivity contribution < 1.29 is 14.3 Å². The maximum atomic E-state index is 12.7. The number of nitrogens with zero attached hydrogens (tertiary/aromatic N) is 3. The summed E-state index contributed by atoms with van der Waals surface area (Å²) in [6.45, 7) is 6.48. The van der Waals surface area contributed by atoms with Gasteiger partial charge in [0.05, 0.1) is 20.3 Å². The third-order valence-electron chi connectivity index (χ3n) is 4.97. The number of pyridine rings is 1. The Kier molecular flexibility index (Phi) is 4.58. The molecule has 3 aromatic rings. The third-order valence-corrected chi connectivity index (χ3v) is 4.97. The van der Waals surface area contributed by atoms with Gasteiger partial charge in [0.15, 0.2) is 0 Å². The number of morpholine rings is 1. The van der Waals surface area contributed by atoms with E-state index in [1.165, 1.54) is 0 Å². The molecule has 0 bridgehead atoms. The van der Waals surface area contributed by atoms with Crippen LogP contribution in [0.3, 0.4) is 0 Å². The van der Waals surface area contributed by atoms with Gasteiger partial charge in [0.25, 0.3) is 5.91 Å². The van der Waals surface area contributed by atoms with Gasteiger partial charge in [-0.1, -0.05) is 0 Å². The number of benzene rings is 1. The van der Waals surface area contributed by atoms with Crippen molar-refractivity contribution in [1.29, 1.82) is 0 Å². The molecule has 1 saturated heterocycles. The summed E-state index contributed by atoms with van der Waals surface area (Å²) in [4.78, 5) is 19.0. The molecule has 0 N–H and O–H groups in total. The molecule has 0 radical (unpaired) electrons. The van der Waals surface area contributed by atoms with Gasteiger partial charge >= 0.3 is 0 Å². The van der Waals surface area contributed by atoms with Crippen LogP contribution in [0.5, 0.6) is 5.75 Å². The summed E-state index contributed by atoms with van der Waals surface area (Å²) < 4.78 is 12.7. The third kappa shape index (κ3) is 3.28. The maximum Gasteiger partial charge on any atom is 0.274 e. The SMILES string of the molecule is COc1c(C)cc(-c2ccc3nc(C(=O)N4CCOCC4)cn3c2)cc1C. The Morgan fingerprint density at radius 2 is 1.78 bits per heavy atom. The van der Waals surface area contributed by atoms with Gasteiger partial charge in [0.2, 0.25) is 0 Å². The highest BCUT2D eigenvalue weighted by Gasteiger charge is 2.21. The predicted molar refractivity (Wildman–Crippen MR) is 103 cm³/mol. The van der Waals surface area contributed by atoms with Crippen molar-refractivity contribution in [3.63, 3.8) is 0 Å². The Hall–Kier alpha value is -2.86. The van der Waals surface area contributed by atoms with Gasteiger partial charge in [-0.2, -0.15) is 0 Å². The maximum absolute atomic E-state index is 12.7. The summed E-state index contributed by atoms with van der Waals surface area (Å²) in [6.07, 6.45) is 3.82. The Morgan fingerprint density at radius 3 is 2.44 bits per heavy atom. The number of rotatable bonds is 3. The molecule has 0 atom stereocenters. The quantitative estimate of drug-likeness (QED) is 0.716. The van der Waals surface area contributed by atoms with E-state index in [2.05, 4.69) is 17.1 Å². The molecule has 27 heavy (non-hydrogen) atoms. The van der Waals surface area contributed by atoms with Crippen LogP contribution in [-0.2, 0) is 4.74 Å². The zero-order chi connectivity index (χ0) is 19.0. The molecule has 1 amide bonds. The highest BCUT2D eigenvalue weighted by Crippen LogP contribution is 2.30. The molecule has 140 valence electrons. The standard InChI is InChI=1S/C21H23N3O3/c1-14-10-17(11-15(2)20(14)26-3)16-4-5-19-22-18(13-24(19)12-16)21(25)23-6-8-27-9-7-23/h4-5,10-13H,6-9H2,1-3H3. The van der Waals surface area contributed by atoms with Gasteiger partial charge in [-0.15, -0.1) is 0 Å². The number of aryl methyl sites for hydroxylation is 2. The van der Waals surface area contributed by atoms with E-state index in [4.69, 9.17) is 9.47 Å². The zero-order valence-corrected chi connectivity index (χ0v) is 15.9. The van der Waals surface area contributed by atoms with Crippen molar-refractivity contribution in [3.8, 4) is 16.9 Å². The molecule has 6 heteroatoms. The van der Waals surface area contributed by atoms with Gasteiger partial charge in [-0.25, -0.2) is 4.98 Å². The molecule has 1 fully saturated rings. The molecular weight excluding hydrogens is 342 g/mol. The van der Waals surface area contributed by atoms with E-state index in [0.29, 0.717) is 32.0 Å². The minimum absolute atomic E-state index is 0.0420. The second-order valence-corrected chi connectivity index (χ2v) is 6.86. The first-order valence-corrected chi connectivity index (χ1v) is 9.08. The van der Waals surface area contributed by atoms with E-state index >= 15 is 0 Å². The monoisotopic (exact) mass is 365 g/mol. The summed E-state index contributed by atoms with van der Waals surface area (Å²) in [5.41, 5.74) is 5.61. The minimum atomic E-state index is -0.0420. The van der Waals surface area contributed by atoms with Gasteiger partial charge in [0, 0.05) is 25.5 Å². The molecule has 0 spiro atoms. The number of carbonyl (C=O) groups excluding carboxylic acids is 1. The van der Waals surface area contributed by atoms with Gasteiger partial charge < -0.3 is 18.8 Å². The number of ether oxygens (including phenoxy) is 2. The van der Waals surface area contributed by atoms with Crippen molar-refractivity contribution in [2.75, 3.05) is 33.4 Å². The van der Waals surface area contributed by atoms with Crippen LogP contribution in [0, 0.1) is 13.8 Å². The van der Waals surface area contributed by atoms with Crippen molar-refractivity contribution >= 4 is 11.6 Å². The second-order valence-electron chi connectivity index (χ2n) is 6.86. The number of methoxy groups -OCH3 is 1. The van der Waals surface area contributed by atoms with E-state index in [1.54, 1.807) is 18.2 Å². The number of hydrogen-bond donors (Lipinski definition) is 0. The summed E-state index contributed by atoms with van der Waals surface area (Å²) in [5, 5.41) is 0. The van der Waals surface area contributed by atoms with Crippen LogP contribution in [0.4, 0.5) is 0 Å². The lowest BCUT2D eigenvalue weighted by molar-refractivity contribution is 0.0299. The van der Waals surface area contributed by atoms with Crippen molar-refractivity contribution in [3.05, 3.63) is 53.5 Å². The molecular formula is C21H23N3O3. The average molecular weight is 365 g/mol. The lowest BCUT2D eigenvalue weighted by Crippen LogP contribution is -2.40. The summed E-state index contributed by atoms with van der Waals surface area (Å²) in [5.74, 6) is 0.875. The van der Waals surface area contributed by atoms with Crippen LogP contribution in [0.25, 0.3) is 16.8 Å². The molecule has 3 heterocycles. The fourth-order valence-corrected chi connectivity index (χ4v) is 3.63. The Balaban J connectivity index is 1.68. The largest absolute Gasteiger partial charge is 0.496 e. The fraction of sp³-hybridized carbons (Fsp3) is 0.333. The first-order valence-electron chi connectivity index (χ1n) is 9.08. The number of amides is 1. The van der Waals surface area contributed by atoms with Crippen LogP contribution in [-0.4, -0.2) is 53.6 Å². The smallest absolute Gasteiger partial charge is 0.274 e. The fourth-order valence-electron chi connectivity index (χ4n) is 3.63. The van der Waals surface area contributed by atoms with Gasteiger partial charge in [-0.3, -0.25) is 4.79 Å². The molecule has 1 aromatic carbocycles. The highest BCUT2D eigenvalue weighted by molar-refractivity contribution is 5.93. The number of carbonyl (C=O) groups is 1. The number of aromatic nitrogens is 2. The Labute approximate surface area is 158 Å². The molecule has 1 aliphatic heterocycles. The minimum Gasteiger partial charge on any atom is -0.496 e. The molecule has 2 aromatic heterocycles. The summed E-state index contributed by atoms with van der Waals surface area (Å²) in [6, 6.07) is 8.21. The number of hydrogen-bond acceptors (Lipinski definition) is 4. The summed E-state index contributed by atoms with van der Waals surface area (Å²) in [7, 11) is 1.69. The van der Waals surface area contributed by atoms with Crippen LogP contribution in [0.15, 0.2) is 36.7 Å². The second kappa shape index (κ2) is 7.04. The molecule has 1 aliphatic rings. The highest BCUT2D eigenvalue weighted by atomic mass is 16.5. The topological polar surface area (TPSA) is 56.1 Å². The van der Waals surface area contributed by atoms with Gasteiger partial charge in [0.1, 0.15) is 17.1 Å². The van der Waals surface area contributed by atoms with Gasteiger partial charge in [-0.05, 0) is 60.4 Å². The number of imidazole rings is 1. The molecule has 6 nitrogen and oxygen atoms in total. The van der Waals surface area contributed by atoms with Crippen LogP contribution >= 0.6 is 0 Å². The first kappa shape index (κ1) is 17.5. The predicted octanol–water partition coefficient (Wildman–Crippen LogP) is 3.10. The summed E-state index contributed by atoms with van der Waals surface area (Å²) >= 11 is 0. The van der Waals surface area contributed by atoms with Crippen LogP contribution < -0.4 is 4.74 Å². The normalized spacial score (nSPS) is 14.6. The van der Waals surface area contributed by atoms with Crippen molar-refractivity contribution in [2.24, 2.45) is 0 Å². The van der Waals surface area contributed by atoms with E-state index in [9.17, 15) is 4.79 Å². The van der Waals surface area contributed by atoms with E-state index in [-0.39, 0.29) is 5.91 Å². The Morgan fingerprint density at radius 1 is 1.07 bits per heavy atom. The van der Waals surface area contributed by atoms with Crippen molar-refractivity contribution in [1.82, 2.24) is 14.3 Å². The molecule has 0 saturated carbocycles. The van der Waals surface area contributed by atoms with Crippen molar-refractivity contribution in [2.45, 2.75) is 13.8 Å². The average Bonchev–Trinajstić information content (AvgIpc) is 3.11. The zero-order valence-electron chi connectivity index (χ0n) is 15.9.